The van der Waals surface area contributed by atoms with Gasteiger partial charge < -0.3 is 15.1 Å². The van der Waals surface area contributed by atoms with Crippen LogP contribution in [0.15, 0.2) is 54.6 Å². The average Bonchev–Trinajstić information content (AvgIpc) is 2.62. The fourth-order valence-corrected chi connectivity index (χ4v) is 2.51. The molecule has 5 heteroatoms. The highest BCUT2D eigenvalue weighted by Crippen LogP contribution is 2.13. The van der Waals surface area contributed by atoms with Crippen molar-refractivity contribution in [2.75, 3.05) is 26.0 Å². The molecule has 25 heavy (non-hydrogen) atoms. The van der Waals surface area contributed by atoms with E-state index in [1.165, 1.54) is 0 Å². The molecule has 0 aliphatic heterocycles. The van der Waals surface area contributed by atoms with Gasteiger partial charge in [-0.2, -0.15) is 0 Å². The van der Waals surface area contributed by atoms with E-state index in [0.29, 0.717) is 12.1 Å². The van der Waals surface area contributed by atoms with Crippen LogP contribution >= 0.6 is 0 Å². The van der Waals surface area contributed by atoms with Gasteiger partial charge in [0, 0.05) is 38.9 Å². The molecule has 0 saturated heterocycles. The molecule has 0 bridgehead atoms. The lowest BCUT2D eigenvalue weighted by Gasteiger charge is -2.22. The average molecular weight is 339 g/mol. The third kappa shape index (κ3) is 5.08. The molecule has 2 aromatic rings. The molecule has 0 aromatic heterocycles. The lowest BCUT2D eigenvalue weighted by atomic mass is 10.1. The molecule has 0 heterocycles. The molecule has 0 spiro atoms. The van der Waals surface area contributed by atoms with Crippen molar-refractivity contribution in [2.45, 2.75) is 19.5 Å². The lowest BCUT2D eigenvalue weighted by molar-refractivity contribution is -0.132. The zero-order valence-electron chi connectivity index (χ0n) is 15.2. The Morgan fingerprint density at radius 3 is 2.12 bits per heavy atom. The Morgan fingerprint density at radius 1 is 0.960 bits per heavy atom. The van der Waals surface area contributed by atoms with Crippen molar-refractivity contribution in [1.82, 2.24) is 10.2 Å². The SMILES string of the molecule is CC(NC(=O)c1ccccc1)C(=O)N(C)Cc1ccc(N(C)C)cc1. The molecule has 0 aliphatic rings. The number of amides is 2. The molecule has 5 nitrogen and oxygen atoms in total. The molecular formula is C20H25N3O2. The van der Waals surface area contributed by atoms with E-state index < -0.39 is 6.04 Å². The van der Waals surface area contributed by atoms with Crippen LogP contribution in [0.1, 0.15) is 22.8 Å². The minimum Gasteiger partial charge on any atom is -0.378 e. The van der Waals surface area contributed by atoms with Crippen LogP contribution in [0.4, 0.5) is 5.69 Å². The van der Waals surface area contributed by atoms with Crippen LogP contribution in [0.25, 0.3) is 0 Å². The lowest BCUT2D eigenvalue weighted by Crippen LogP contribution is -2.45. The maximum Gasteiger partial charge on any atom is 0.251 e. The number of nitrogens with one attached hydrogen (secondary N) is 1. The van der Waals surface area contributed by atoms with Gasteiger partial charge in [0.05, 0.1) is 0 Å². The largest absolute Gasteiger partial charge is 0.378 e. The van der Waals surface area contributed by atoms with E-state index in [-0.39, 0.29) is 11.8 Å². The minimum atomic E-state index is -0.584. The molecular weight excluding hydrogens is 314 g/mol. The van der Waals surface area contributed by atoms with Crippen LogP contribution in [0.2, 0.25) is 0 Å². The summed E-state index contributed by atoms with van der Waals surface area (Å²) in [6.07, 6.45) is 0. The molecule has 0 aliphatic carbocycles. The first-order chi connectivity index (χ1) is 11.9. The van der Waals surface area contributed by atoms with Crippen LogP contribution < -0.4 is 10.2 Å². The maximum absolute atomic E-state index is 12.5. The zero-order chi connectivity index (χ0) is 18.4. The summed E-state index contributed by atoms with van der Waals surface area (Å²) in [5.41, 5.74) is 2.70. The molecule has 2 amide bonds. The molecule has 1 unspecified atom stereocenters. The van der Waals surface area contributed by atoms with E-state index >= 15 is 0 Å². The van der Waals surface area contributed by atoms with Gasteiger partial charge in [-0.05, 0) is 36.8 Å². The first-order valence-electron chi connectivity index (χ1n) is 8.25. The molecule has 132 valence electrons. The number of hydrogen-bond donors (Lipinski definition) is 1. The van der Waals surface area contributed by atoms with Gasteiger partial charge in [-0.15, -0.1) is 0 Å². The summed E-state index contributed by atoms with van der Waals surface area (Å²) in [6, 6.07) is 16.4. The quantitative estimate of drug-likeness (QED) is 0.880. The number of rotatable bonds is 6. The first-order valence-corrected chi connectivity index (χ1v) is 8.25. The van der Waals surface area contributed by atoms with Crippen molar-refractivity contribution in [1.29, 1.82) is 0 Å². The number of likely N-dealkylation sites (N-methyl/N-ethyl adjacent to an activating group) is 1. The molecule has 1 atom stereocenters. The van der Waals surface area contributed by atoms with Gasteiger partial charge in [-0.1, -0.05) is 30.3 Å². The highest BCUT2D eigenvalue weighted by atomic mass is 16.2. The Hall–Kier alpha value is -2.82. The van der Waals surface area contributed by atoms with Gasteiger partial charge in [0.25, 0.3) is 5.91 Å². The van der Waals surface area contributed by atoms with Gasteiger partial charge in [-0.3, -0.25) is 9.59 Å². The van der Waals surface area contributed by atoms with Crippen LogP contribution in [0, 0.1) is 0 Å². The second-order valence-electron chi connectivity index (χ2n) is 6.32. The minimum absolute atomic E-state index is 0.124. The third-order valence-electron chi connectivity index (χ3n) is 4.00. The van der Waals surface area contributed by atoms with Crippen molar-refractivity contribution in [3.63, 3.8) is 0 Å². The molecule has 1 N–H and O–H groups in total. The number of benzene rings is 2. The highest BCUT2D eigenvalue weighted by Gasteiger charge is 2.20. The molecule has 2 aromatic carbocycles. The Labute approximate surface area is 149 Å². The van der Waals surface area contributed by atoms with Crippen molar-refractivity contribution < 1.29 is 9.59 Å². The molecule has 0 fully saturated rings. The van der Waals surface area contributed by atoms with Gasteiger partial charge in [-0.25, -0.2) is 0 Å². The van der Waals surface area contributed by atoms with Crippen molar-refractivity contribution >= 4 is 17.5 Å². The first kappa shape index (κ1) is 18.5. The highest BCUT2D eigenvalue weighted by molar-refractivity contribution is 5.97. The number of anilines is 1. The van der Waals surface area contributed by atoms with Crippen molar-refractivity contribution in [2.24, 2.45) is 0 Å². The Balaban J connectivity index is 1.93. The summed E-state index contributed by atoms with van der Waals surface area (Å²) in [6.45, 7) is 2.20. The van der Waals surface area contributed by atoms with E-state index in [0.717, 1.165) is 11.3 Å². The predicted octanol–water partition coefficient (Wildman–Crippen LogP) is 2.53. The summed E-state index contributed by atoms with van der Waals surface area (Å²) in [5, 5.41) is 2.75. The Morgan fingerprint density at radius 2 is 1.56 bits per heavy atom. The monoisotopic (exact) mass is 339 g/mol. The fourth-order valence-electron chi connectivity index (χ4n) is 2.51. The van der Waals surface area contributed by atoms with Crippen LogP contribution in [-0.2, 0) is 11.3 Å². The van der Waals surface area contributed by atoms with Gasteiger partial charge in [0.15, 0.2) is 0 Å². The molecule has 0 saturated carbocycles. The number of hydrogen-bond acceptors (Lipinski definition) is 3. The number of carbonyl (C=O) groups is 2. The third-order valence-corrected chi connectivity index (χ3v) is 4.00. The second kappa shape index (κ2) is 8.33. The Kier molecular flexibility index (Phi) is 6.17. The van der Waals surface area contributed by atoms with E-state index in [2.05, 4.69) is 5.32 Å². The second-order valence-corrected chi connectivity index (χ2v) is 6.32. The normalized spacial score (nSPS) is 11.5. The van der Waals surface area contributed by atoms with Gasteiger partial charge in [0.2, 0.25) is 5.91 Å². The summed E-state index contributed by atoms with van der Waals surface area (Å²) in [4.78, 5) is 28.3. The van der Waals surface area contributed by atoms with Crippen LogP contribution in [0.3, 0.4) is 0 Å². The number of nitrogens with zero attached hydrogens (tertiary/aromatic N) is 2. The summed E-state index contributed by atoms with van der Waals surface area (Å²) < 4.78 is 0. The van der Waals surface area contributed by atoms with Gasteiger partial charge in [0.1, 0.15) is 6.04 Å². The zero-order valence-corrected chi connectivity index (χ0v) is 15.2. The molecule has 0 radical (unpaired) electrons. The smallest absolute Gasteiger partial charge is 0.251 e. The standard InChI is InChI=1S/C20H25N3O2/c1-15(21-19(24)17-8-6-5-7-9-17)20(25)23(4)14-16-10-12-18(13-11-16)22(2)3/h5-13,15H,14H2,1-4H3,(H,21,24). The summed E-state index contributed by atoms with van der Waals surface area (Å²) in [5.74, 6) is -0.369. The van der Waals surface area contributed by atoms with E-state index in [9.17, 15) is 9.59 Å². The van der Waals surface area contributed by atoms with Crippen LogP contribution in [-0.4, -0.2) is 43.9 Å². The van der Waals surface area contributed by atoms with Crippen molar-refractivity contribution in [3.05, 3.63) is 65.7 Å². The maximum atomic E-state index is 12.5. The molecule has 2 rings (SSSR count). The number of carbonyl (C=O) groups excluding carboxylic acids is 2. The summed E-state index contributed by atoms with van der Waals surface area (Å²) in [7, 11) is 5.72. The van der Waals surface area contributed by atoms with E-state index in [1.807, 2.05) is 49.3 Å². The van der Waals surface area contributed by atoms with Gasteiger partial charge >= 0.3 is 0 Å². The van der Waals surface area contributed by atoms with Crippen molar-refractivity contribution in [3.8, 4) is 0 Å². The fraction of sp³-hybridized carbons (Fsp3) is 0.300. The Bertz CT molecular complexity index is 711. The van der Waals surface area contributed by atoms with E-state index in [1.54, 1.807) is 43.1 Å². The summed E-state index contributed by atoms with van der Waals surface area (Å²) >= 11 is 0. The topological polar surface area (TPSA) is 52.7 Å². The predicted molar refractivity (Wildman–Crippen MR) is 101 cm³/mol. The van der Waals surface area contributed by atoms with Crippen LogP contribution in [0.5, 0.6) is 0 Å². The van der Waals surface area contributed by atoms with E-state index in [4.69, 9.17) is 0 Å².